The number of rotatable bonds is 9. The molecular weight excluding hydrogens is 192 g/mol. The number of hydrogen-bond acceptors (Lipinski definition) is 0. The average Bonchev–Trinajstić information content (AvgIpc) is 2.27. The molecule has 0 fully saturated rings. The summed E-state index contributed by atoms with van der Waals surface area (Å²) in [6.07, 6.45) is 16.9. The molecule has 0 spiro atoms. The minimum absolute atomic E-state index is 1.17. The van der Waals surface area contributed by atoms with Gasteiger partial charge in [0.15, 0.2) is 0 Å². The number of allylic oxidation sites excluding steroid dienone is 3. The predicted octanol–water partition coefficient (Wildman–Crippen LogP) is 5.80. The van der Waals surface area contributed by atoms with E-state index >= 15 is 0 Å². The fourth-order valence-electron chi connectivity index (χ4n) is 1.67. The molecule has 92 valence electrons. The Kier molecular flexibility index (Phi) is 11.8. The molecule has 0 aliphatic carbocycles. The Balaban J connectivity index is 3.50. The van der Waals surface area contributed by atoms with Crippen LogP contribution in [0.1, 0.15) is 72.1 Å². The first-order chi connectivity index (χ1) is 7.81. The lowest BCUT2D eigenvalue weighted by atomic mass is 10.1. The topological polar surface area (TPSA) is 0 Å². The van der Waals surface area contributed by atoms with Gasteiger partial charge < -0.3 is 0 Å². The van der Waals surface area contributed by atoms with Crippen LogP contribution in [0.25, 0.3) is 0 Å². The van der Waals surface area contributed by atoms with Crippen LogP contribution < -0.4 is 0 Å². The molecule has 0 atom stereocenters. The van der Waals surface area contributed by atoms with Crippen LogP contribution in [0.2, 0.25) is 0 Å². The van der Waals surface area contributed by atoms with Gasteiger partial charge in [0.2, 0.25) is 0 Å². The smallest absolute Gasteiger partial charge is 0.0204 e. The zero-order valence-electron chi connectivity index (χ0n) is 11.4. The molecule has 0 aromatic rings. The van der Waals surface area contributed by atoms with Gasteiger partial charge in [-0.25, -0.2) is 0 Å². The second-order valence-corrected chi connectivity index (χ2v) is 4.47. The van der Waals surface area contributed by atoms with E-state index in [2.05, 4.69) is 44.7 Å². The Bertz CT molecular complexity index is 226. The van der Waals surface area contributed by atoms with E-state index in [9.17, 15) is 0 Å². The van der Waals surface area contributed by atoms with Crippen molar-refractivity contribution in [1.29, 1.82) is 0 Å². The summed E-state index contributed by atoms with van der Waals surface area (Å²) in [5.74, 6) is 0. The van der Waals surface area contributed by atoms with Crippen molar-refractivity contribution >= 4 is 0 Å². The Morgan fingerprint density at radius 1 is 1.00 bits per heavy atom. The van der Waals surface area contributed by atoms with E-state index in [1.807, 2.05) is 0 Å². The maximum Gasteiger partial charge on any atom is -0.0204 e. The SMILES string of the molecule is CCCCCCCC=CC=C=C(C)CCC. The van der Waals surface area contributed by atoms with Crippen molar-refractivity contribution in [1.82, 2.24) is 0 Å². The van der Waals surface area contributed by atoms with Gasteiger partial charge in [-0.05, 0) is 37.8 Å². The highest BCUT2D eigenvalue weighted by Gasteiger charge is 1.85. The molecular formula is C16H28. The first-order valence-electron chi connectivity index (χ1n) is 6.88. The van der Waals surface area contributed by atoms with Gasteiger partial charge in [0, 0.05) is 0 Å². The van der Waals surface area contributed by atoms with Crippen molar-refractivity contribution in [2.75, 3.05) is 0 Å². The summed E-state index contributed by atoms with van der Waals surface area (Å²) < 4.78 is 0. The summed E-state index contributed by atoms with van der Waals surface area (Å²) in [5, 5.41) is 0. The quantitative estimate of drug-likeness (QED) is 0.261. The molecule has 0 heterocycles. The lowest BCUT2D eigenvalue weighted by molar-refractivity contribution is 0.637. The van der Waals surface area contributed by atoms with E-state index in [1.165, 1.54) is 56.9 Å². The minimum atomic E-state index is 1.17. The monoisotopic (exact) mass is 220 g/mol. The summed E-state index contributed by atoms with van der Waals surface area (Å²) >= 11 is 0. The molecule has 0 saturated heterocycles. The van der Waals surface area contributed by atoms with Gasteiger partial charge in [0.1, 0.15) is 0 Å². The van der Waals surface area contributed by atoms with E-state index in [-0.39, 0.29) is 0 Å². The van der Waals surface area contributed by atoms with E-state index in [4.69, 9.17) is 0 Å². The highest BCUT2D eigenvalue weighted by Crippen LogP contribution is 2.05. The first-order valence-corrected chi connectivity index (χ1v) is 6.88. The van der Waals surface area contributed by atoms with Crippen molar-refractivity contribution in [3.05, 3.63) is 29.5 Å². The summed E-state index contributed by atoms with van der Waals surface area (Å²) in [5.41, 5.74) is 4.66. The molecule has 0 aromatic carbocycles. The second-order valence-electron chi connectivity index (χ2n) is 4.47. The van der Waals surface area contributed by atoms with Crippen LogP contribution in [0.3, 0.4) is 0 Å². The standard InChI is InChI=1S/C16H28/c1-4-6-7-8-9-10-11-12-13-15-16(3)14-5-2/h11-13H,4-10,14H2,1-3H3. The normalized spacial score (nSPS) is 10.4. The van der Waals surface area contributed by atoms with Crippen molar-refractivity contribution < 1.29 is 0 Å². The van der Waals surface area contributed by atoms with Gasteiger partial charge in [0.25, 0.3) is 0 Å². The first kappa shape index (κ1) is 15.3. The fourth-order valence-corrected chi connectivity index (χ4v) is 1.67. The molecule has 0 bridgehead atoms. The maximum atomic E-state index is 3.30. The third-order valence-electron chi connectivity index (χ3n) is 2.66. The molecule has 0 unspecified atom stereocenters. The van der Waals surface area contributed by atoms with Crippen molar-refractivity contribution in [3.8, 4) is 0 Å². The van der Waals surface area contributed by atoms with Crippen LogP contribution in [0.4, 0.5) is 0 Å². The van der Waals surface area contributed by atoms with Gasteiger partial charge in [-0.1, -0.05) is 58.1 Å². The molecule has 0 radical (unpaired) electrons. The van der Waals surface area contributed by atoms with E-state index in [0.29, 0.717) is 0 Å². The minimum Gasteiger partial charge on any atom is -0.122 e. The van der Waals surface area contributed by atoms with Crippen LogP contribution in [-0.2, 0) is 0 Å². The molecule has 0 aliphatic rings. The second kappa shape index (κ2) is 12.3. The molecule has 0 aromatic heterocycles. The van der Waals surface area contributed by atoms with Crippen LogP contribution in [0, 0.1) is 0 Å². The molecule has 0 aliphatic heterocycles. The Labute approximate surface area is 102 Å². The number of unbranched alkanes of at least 4 members (excludes halogenated alkanes) is 5. The third-order valence-corrected chi connectivity index (χ3v) is 2.66. The van der Waals surface area contributed by atoms with Crippen LogP contribution in [0.15, 0.2) is 29.5 Å². The highest BCUT2D eigenvalue weighted by atomic mass is 13.9. The average molecular weight is 220 g/mol. The Morgan fingerprint density at radius 3 is 2.44 bits per heavy atom. The maximum absolute atomic E-state index is 3.30. The van der Waals surface area contributed by atoms with Gasteiger partial charge in [-0.2, -0.15) is 0 Å². The molecule has 16 heavy (non-hydrogen) atoms. The zero-order valence-corrected chi connectivity index (χ0v) is 11.4. The van der Waals surface area contributed by atoms with E-state index in [0.717, 1.165) is 0 Å². The summed E-state index contributed by atoms with van der Waals surface area (Å²) in [6, 6.07) is 0. The molecule has 0 N–H and O–H groups in total. The van der Waals surface area contributed by atoms with Gasteiger partial charge in [-0.3, -0.25) is 0 Å². The van der Waals surface area contributed by atoms with E-state index in [1.54, 1.807) is 0 Å². The van der Waals surface area contributed by atoms with Crippen LogP contribution >= 0.6 is 0 Å². The largest absolute Gasteiger partial charge is 0.122 e. The molecule has 0 rings (SSSR count). The summed E-state index contributed by atoms with van der Waals surface area (Å²) in [6.45, 7) is 6.62. The Morgan fingerprint density at radius 2 is 1.75 bits per heavy atom. The lowest BCUT2D eigenvalue weighted by Gasteiger charge is -1.95. The van der Waals surface area contributed by atoms with E-state index < -0.39 is 0 Å². The summed E-state index contributed by atoms with van der Waals surface area (Å²) in [4.78, 5) is 0. The van der Waals surface area contributed by atoms with Crippen molar-refractivity contribution in [2.45, 2.75) is 72.1 Å². The van der Waals surface area contributed by atoms with Gasteiger partial charge >= 0.3 is 0 Å². The van der Waals surface area contributed by atoms with Crippen LogP contribution in [-0.4, -0.2) is 0 Å². The van der Waals surface area contributed by atoms with Gasteiger partial charge in [0.05, 0.1) is 0 Å². The number of hydrogen-bond donors (Lipinski definition) is 0. The summed E-state index contributed by atoms with van der Waals surface area (Å²) in [7, 11) is 0. The molecule has 0 heteroatoms. The zero-order chi connectivity index (χ0) is 12.1. The van der Waals surface area contributed by atoms with Crippen LogP contribution in [0.5, 0.6) is 0 Å². The van der Waals surface area contributed by atoms with Crippen molar-refractivity contribution in [3.63, 3.8) is 0 Å². The molecule has 0 amide bonds. The Hall–Kier alpha value is -0.740. The lowest BCUT2D eigenvalue weighted by Crippen LogP contribution is -1.75. The van der Waals surface area contributed by atoms with Crippen molar-refractivity contribution in [2.24, 2.45) is 0 Å². The predicted molar refractivity (Wildman–Crippen MR) is 74.7 cm³/mol. The molecule has 0 saturated carbocycles. The fraction of sp³-hybridized carbons (Fsp3) is 0.688. The highest BCUT2D eigenvalue weighted by molar-refractivity contribution is 5.06. The molecule has 0 nitrogen and oxygen atoms in total. The third kappa shape index (κ3) is 11.3. The van der Waals surface area contributed by atoms with Gasteiger partial charge in [-0.15, -0.1) is 5.73 Å².